The van der Waals surface area contributed by atoms with Crippen LogP contribution >= 0.6 is 23.1 Å². The molecule has 1 fully saturated rings. The Labute approximate surface area is 109 Å². The number of thioether (sulfide) groups is 1. The highest BCUT2D eigenvalue weighted by atomic mass is 32.2. The van der Waals surface area contributed by atoms with Gasteiger partial charge in [-0.05, 0) is 30.7 Å². The predicted octanol–water partition coefficient (Wildman–Crippen LogP) is 1.74. The minimum absolute atomic E-state index is 0.0842. The van der Waals surface area contributed by atoms with Crippen LogP contribution in [-0.2, 0) is 12.2 Å². The van der Waals surface area contributed by atoms with Crippen molar-refractivity contribution in [3.05, 3.63) is 21.4 Å². The summed E-state index contributed by atoms with van der Waals surface area (Å²) in [6.07, 6.45) is 1.09. The van der Waals surface area contributed by atoms with Crippen molar-refractivity contribution in [3.8, 4) is 0 Å². The lowest BCUT2D eigenvalue weighted by atomic mass is 9.97. The van der Waals surface area contributed by atoms with Crippen LogP contribution < -0.4 is 0 Å². The van der Waals surface area contributed by atoms with Crippen LogP contribution in [0.1, 0.15) is 27.0 Å². The average Bonchev–Trinajstić information content (AvgIpc) is 2.68. The summed E-state index contributed by atoms with van der Waals surface area (Å²) < 4.78 is 0. The summed E-state index contributed by atoms with van der Waals surface area (Å²) in [5.41, 5.74) is 0.657. The first-order valence-corrected chi connectivity index (χ1v) is 7.73. The zero-order valence-electron chi connectivity index (χ0n) is 9.73. The van der Waals surface area contributed by atoms with Crippen molar-refractivity contribution in [1.29, 1.82) is 0 Å². The van der Waals surface area contributed by atoms with Crippen LogP contribution in [0.25, 0.3) is 0 Å². The first kappa shape index (κ1) is 11.6. The number of fused-ring (bicyclic) bond motifs is 1. The van der Waals surface area contributed by atoms with Crippen LogP contribution in [0.2, 0.25) is 0 Å². The molecule has 0 saturated carbocycles. The Morgan fingerprint density at radius 1 is 1.53 bits per heavy atom. The molecule has 1 N–H and O–H groups in total. The number of aliphatic hydroxyl groups is 1. The number of rotatable bonds is 1. The van der Waals surface area contributed by atoms with E-state index in [1.807, 2.05) is 17.8 Å². The van der Waals surface area contributed by atoms with Gasteiger partial charge in [0.1, 0.15) is 0 Å². The number of hydrogen-bond acceptors (Lipinski definition) is 4. The van der Waals surface area contributed by atoms with E-state index in [9.17, 15) is 9.90 Å². The highest BCUT2D eigenvalue weighted by molar-refractivity contribution is 7.98. The van der Waals surface area contributed by atoms with Gasteiger partial charge in [-0.2, -0.15) is 11.8 Å². The van der Waals surface area contributed by atoms with Crippen molar-refractivity contribution >= 4 is 29.0 Å². The quantitative estimate of drug-likeness (QED) is 0.844. The van der Waals surface area contributed by atoms with E-state index in [1.165, 1.54) is 16.2 Å². The lowest BCUT2D eigenvalue weighted by molar-refractivity contribution is -0.0667. The summed E-state index contributed by atoms with van der Waals surface area (Å²) in [4.78, 5) is 16.1. The number of nitrogens with zero attached hydrogens (tertiary/aromatic N) is 1. The van der Waals surface area contributed by atoms with Gasteiger partial charge in [0, 0.05) is 10.6 Å². The number of amides is 1. The van der Waals surface area contributed by atoms with Gasteiger partial charge in [0.15, 0.2) is 0 Å². The van der Waals surface area contributed by atoms with Crippen molar-refractivity contribution in [2.45, 2.75) is 24.7 Å². The molecule has 3 nitrogen and oxygen atoms in total. The van der Waals surface area contributed by atoms with Gasteiger partial charge in [-0.25, -0.2) is 0 Å². The van der Waals surface area contributed by atoms with Gasteiger partial charge in [0.05, 0.1) is 23.6 Å². The largest absolute Gasteiger partial charge is 0.386 e. The van der Waals surface area contributed by atoms with Crippen LogP contribution in [0.3, 0.4) is 0 Å². The molecule has 3 rings (SSSR count). The summed E-state index contributed by atoms with van der Waals surface area (Å²) in [5, 5.41) is 9.65. The summed E-state index contributed by atoms with van der Waals surface area (Å²) in [6, 6.07) is 2.04. The van der Waals surface area contributed by atoms with Gasteiger partial charge in [-0.3, -0.25) is 4.79 Å². The first-order valence-electron chi connectivity index (χ1n) is 5.76. The maximum Gasteiger partial charge on any atom is 0.264 e. The van der Waals surface area contributed by atoms with Gasteiger partial charge in [0.2, 0.25) is 0 Å². The van der Waals surface area contributed by atoms with Gasteiger partial charge in [-0.15, -0.1) is 11.3 Å². The number of likely N-dealkylation sites (tertiary alicyclic amines) is 1. The van der Waals surface area contributed by atoms with E-state index in [2.05, 4.69) is 0 Å². The Hall–Kier alpha value is -0.520. The van der Waals surface area contributed by atoms with Gasteiger partial charge < -0.3 is 10.0 Å². The minimum atomic E-state index is -0.678. The average molecular weight is 269 g/mol. The van der Waals surface area contributed by atoms with Crippen molar-refractivity contribution in [2.24, 2.45) is 0 Å². The maximum atomic E-state index is 12.2. The molecular formula is C12H15NO2S2. The topological polar surface area (TPSA) is 40.5 Å². The van der Waals surface area contributed by atoms with Crippen LogP contribution in [-0.4, -0.2) is 40.4 Å². The molecule has 0 radical (unpaired) electrons. The van der Waals surface area contributed by atoms with Gasteiger partial charge in [0.25, 0.3) is 5.91 Å². The summed E-state index contributed by atoms with van der Waals surface area (Å²) >= 11 is 3.57. The molecule has 0 bridgehead atoms. The second-order valence-corrected chi connectivity index (χ2v) is 7.26. The molecule has 17 heavy (non-hydrogen) atoms. The van der Waals surface area contributed by atoms with E-state index >= 15 is 0 Å². The zero-order chi connectivity index (χ0) is 12.0. The van der Waals surface area contributed by atoms with E-state index in [1.54, 1.807) is 23.2 Å². The third-order valence-electron chi connectivity index (χ3n) is 3.19. The van der Waals surface area contributed by atoms with Gasteiger partial charge in [-0.1, -0.05) is 0 Å². The summed E-state index contributed by atoms with van der Waals surface area (Å²) in [5.74, 6) is 2.29. The monoisotopic (exact) mass is 269 g/mol. The smallest absolute Gasteiger partial charge is 0.264 e. The Balaban J connectivity index is 1.76. The first-order chi connectivity index (χ1) is 8.05. The number of carbonyl (C=O) groups excluding carboxylic acids is 1. The summed E-state index contributed by atoms with van der Waals surface area (Å²) in [7, 11) is 0. The number of β-amino-alcohol motifs (C(OH)–C–C–N with tert-alkyl or cyclic N) is 1. The number of hydrogen-bond donors (Lipinski definition) is 1. The number of aryl methyl sites for hydroxylation is 1. The molecule has 0 unspecified atom stereocenters. The van der Waals surface area contributed by atoms with Crippen molar-refractivity contribution < 1.29 is 9.90 Å². The molecule has 2 aliphatic heterocycles. The number of carbonyl (C=O) groups is 1. The summed E-state index contributed by atoms with van der Waals surface area (Å²) in [6.45, 7) is 2.69. The molecule has 1 aromatic heterocycles. The Morgan fingerprint density at radius 3 is 2.94 bits per heavy atom. The van der Waals surface area contributed by atoms with E-state index in [4.69, 9.17) is 0 Å². The standard InChI is InChI=1S/C12H15NO2S2/c1-12(15)6-13(7-12)11(14)10-4-8-5-16-3-2-9(8)17-10/h4,15H,2-3,5-7H2,1H3. The molecule has 0 spiro atoms. The van der Waals surface area contributed by atoms with E-state index in [0.29, 0.717) is 13.1 Å². The Bertz CT molecular complexity index is 436. The fourth-order valence-electron chi connectivity index (χ4n) is 2.33. The molecule has 92 valence electrons. The normalized spacial score (nSPS) is 21.9. The van der Waals surface area contributed by atoms with Crippen LogP contribution in [0.5, 0.6) is 0 Å². The Morgan fingerprint density at radius 2 is 2.29 bits per heavy atom. The second-order valence-electron chi connectivity index (χ2n) is 5.02. The highest BCUT2D eigenvalue weighted by Gasteiger charge is 2.40. The number of thiophene rings is 1. The molecule has 0 atom stereocenters. The molecule has 3 heterocycles. The molecule has 2 aliphatic rings. The van der Waals surface area contributed by atoms with Crippen LogP contribution in [0.15, 0.2) is 6.07 Å². The fraction of sp³-hybridized carbons (Fsp3) is 0.583. The molecule has 1 aromatic rings. The maximum absolute atomic E-state index is 12.2. The van der Waals surface area contributed by atoms with Crippen molar-refractivity contribution in [3.63, 3.8) is 0 Å². The molecule has 0 aromatic carbocycles. The van der Waals surface area contributed by atoms with Crippen molar-refractivity contribution in [1.82, 2.24) is 4.90 Å². The van der Waals surface area contributed by atoms with Crippen LogP contribution in [0, 0.1) is 0 Å². The molecule has 0 aliphatic carbocycles. The van der Waals surface area contributed by atoms with Crippen molar-refractivity contribution in [2.75, 3.05) is 18.8 Å². The minimum Gasteiger partial charge on any atom is -0.386 e. The molecular weight excluding hydrogens is 254 g/mol. The third-order valence-corrected chi connectivity index (χ3v) is 5.42. The van der Waals surface area contributed by atoms with E-state index < -0.39 is 5.60 Å². The predicted molar refractivity (Wildman–Crippen MR) is 70.7 cm³/mol. The Kier molecular flexibility index (Phi) is 2.72. The molecule has 1 saturated heterocycles. The lowest BCUT2D eigenvalue weighted by Gasteiger charge is -2.43. The van der Waals surface area contributed by atoms with E-state index in [-0.39, 0.29) is 5.91 Å². The van der Waals surface area contributed by atoms with Crippen LogP contribution in [0.4, 0.5) is 0 Å². The SMILES string of the molecule is CC1(O)CN(C(=O)c2cc3c(s2)CCSC3)C1. The molecule has 1 amide bonds. The second kappa shape index (κ2) is 4.00. The van der Waals surface area contributed by atoms with Gasteiger partial charge >= 0.3 is 0 Å². The van der Waals surface area contributed by atoms with E-state index in [0.717, 1.165) is 17.1 Å². The molecule has 5 heteroatoms. The lowest BCUT2D eigenvalue weighted by Crippen LogP contribution is -2.61. The highest BCUT2D eigenvalue weighted by Crippen LogP contribution is 2.33. The fourth-order valence-corrected chi connectivity index (χ4v) is 4.67. The third kappa shape index (κ3) is 2.11. The zero-order valence-corrected chi connectivity index (χ0v) is 11.4.